The Kier molecular flexibility index (Phi) is 3.58. The van der Waals surface area contributed by atoms with Crippen LogP contribution in [-0.4, -0.2) is 48.0 Å². The number of amides is 3. The van der Waals surface area contributed by atoms with E-state index in [9.17, 15) is 9.59 Å². The molecule has 3 atom stereocenters. The number of aromatic nitrogens is 1. The van der Waals surface area contributed by atoms with Crippen molar-refractivity contribution in [2.24, 2.45) is 11.7 Å². The molecule has 8 heteroatoms. The summed E-state index contributed by atoms with van der Waals surface area (Å²) in [4.78, 5) is 30.5. The number of carbonyl (C=O) groups excluding carboxylic acids is 2. The van der Waals surface area contributed by atoms with Gasteiger partial charge in [0.15, 0.2) is 5.13 Å². The molecule has 1 aliphatic heterocycles. The first kappa shape index (κ1) is 14.3. The third kappa shape index (κ3) is 2.49. The molecule has 3 unspecified atom stereocenters. The summed E-state index contributed by atoms with van der Waals surface area (Å²) in [5.41, 5.74) is 7.36. The summed E-state index contributed by atoms with van der Waals surface area (Å²) in [5, 5.41) is 5.81. The van der Waals surface area contributed by atoms with Crippen LogP contribution in [0.1, 0.15) is 23.4 Å². The highest BCUT2D eigenvalue weighted by Gasteiger charge is 2.43. The number of nitrogens with one attached hydrogen (secondary N) is 2. The van der Waals surface area contributed by atoms with Crippen molar-refractivity contribution in [3.8, 4) is 0 Å². The minimum absolute atomic E-state index is 0.0569. The quantitative estimate of drug-likeness (QED) is 0.696. The largest absolute Gasteiger partial charge is 0.342 e. The standard InChI is InChI=1S/C13H19N5O2S/c1-6(19)18-4-7-3-9-11(8(5-18)10(7)14)21-13(16-9)17-12(20)15-2/h7-8,10H,3-5,14H2,1-2H3,(H2,15,16,17,20). The number of nitrogens with zero attached hydrogens (tertiary/aromatic N) is 2. The van der Waals surface area contributed by atoms with Gasteiger partial charge >= 0.3 is 6.03 Å². The maximum atomic E-state index is 11.6. The molecule has 3 amide bonds. The molecule has 1 saturated heterocycles. The third-order valence-corrected chi connectivity index (χ3v) is 5.44. The van der Waals surface area contributed by atoms with E-state index < -0.39 is 0 Å². The van der Waals surface area contributed by atoms with Gasteiger partial charge in [0, 0.05) is 43.9 Å². The Bertz CT molecular complexity index is 587. The third-order valence-electron chi connectivity index (χ3n) is 4.29. The second-order valence-corrected chi connectivity index (χ2v) is 6.64. The molecule has 2 heterocycles. The molecule has 4 N–H and O–H groups in total. The van der Waals surface area contributed by atoms with Gasteiger partial charge in [-0.25, -0.2) is 9.78 Å². The average Bonchev–Trinajstić information content (AvgIpc) is 2.81. The van der Waals surface area contributed by atoms with Crippen LogP contribution in [0.15, 0.2) is 0 Å². The number of anilines is 1. The minimum atomic E-state index is -0.279. The Hall–Kier alpha value is -1.67. The van der Waals surface area contributed by atoms with Gasteiger partial charge in [0.2, 0.25) is 5.91 Å². The highest BCUT2D eigenvalue weighted by Crippen LogP contribution is 2.42. The summed E-state index contributed by atoms with van der Waals surface area (Å²) in [5.74, 6) is 0.456. The van der Waals surface area contributed by atoms with Crippen molar-refractivity contribution in [2.45, 2.75) is 25.3 Å². The smallest absolute Gasteiger partial charge is 0.320 e. The van der Waals surface area contributed by atoms with Crippen molar-refractivity contribution < 1.29 is 9.59 Å². The summed E-state index contributed by atoms with van der Waals surface area (Å²) in [6, 6.07) is -0.222. The highest BCUT2D eigenvalue weighted by atomic mass is 32.1. The molecule has 21 heavy (non-hydrogen) atoms. The van der Waals surface area contributed by atoms with Crippen LogP contribution in [0, 0.1) is 5.92 Å². The Morgan fingerprint density at radius 3 is 2.86 bits per heavy atom. The number of likely N-dealkylation sites (tertiary alicyclic amines) is 1. The molecule has 2 bridgehead atoms. The highest BCUT2D eigenvalue weighted by molar-refractivity contribution is 7.16. The maximum Gasteiger partial charge on any atom is 0.320 e. The zero-order valence-corrected chi connectivity index (χ0v) is 12.9. The molecule has 1 aromatic rings. The monoisotopic (exact) mass is 309 g/mol. The molecule has 7 nitrogen and oxygen atoms in total. The average molecular weight is 309 g/mol. The molecule has 1 fully saturated rings. The van der Waals surface area contributed by atoms with Crippen molar-refractivity contribution in [1.29, 1.82) is 0 Å². The van der Waals surface area contributed by atoms with Gasteiger partial charge in [-0.05, 0) is 12.3 Å². The normalized spacial score (nSPS) is 27.0. The molecule has 3 rings (SSSR count). The number of thiazole rings is 1. The predicted molar refractivity (Wildman–Crippen MR) is 80.4 cm³/mol. The lowest BCUT2D eigenvalue weighted by molar-refractivity contribution is -0.131. The molecular formula is C13H19N5O2S. The van der Waals surface area contributed by atoms with Gasteiger partial charge in [-0.15, -0.1) is 11.3 Å². The molecule has 1 aliphatic carbocycles. The maximum absolute atomic E-state index is 11.6. The van der Waals surface area contributed by atoms with E-state index in [0.29, 0.717) is 18.2 Å². The Labute approximate surface area is 126 Å². The number of urea groups is 1. The van der Waals surface area contributed by atoms with E-state index in [4.69, 9.17) is 5.73 Å². The van der Waals surface area contributed by atoms with Gasteiger partial charge in [0.05, 0.1) is 5.69 Å². The molecular weight excluding hydrogens is 290 g/mol. The summed E-state index contributed by atoms with van der Waals surface area (Å²) < 4.78 is 0. The zero-order chi connectivity index (χ0) is 15.1. The van der Waals surface area contributed by atoms with Crippen LogP contribution in [-0.2, 0) is 11.2 Å². The predicted octanol–water partition coefficient (Wildman–Crippen LogP) is 0.340. The topological polar surface area (TPSA) is 100 Å². The molecule has 0 spiro atoms. The van der Waals surface area contributed by atoms with Crippen molar-refractivity contribution in [1.82, 2.24) is 15.2 Å². The molecule has 114 valence electrons. The van der Waals surface area contributed by atoms with Gasteiger partial charge in [0.1, 0.15) is 0 Å². The first-order valence-corrected chi connectivity index (χ1v) is 7.80. The van der Waals surface area contributed by atoms with Crippen LogP contribution in [0.3, 0.4) is 0 Å². The van der Waals surface area contributed by atoms with Crippen LogP contribution >= 0.6 is 11.3 Å². The van der Waals surface area contributed by atoms with Crippen molar-refractivity contribution >= 4 is 28.4 Å². The summed E-state index contributed by atoms with van der Waals surface area (Å²) in [6.45, 7) is 2.93. The van der Waals surface area contributed by atoms with E-state index in [1.807, 2.05) is 4.90 Å². The zero-order valence-electron chi connectivity index (χ0n) is 12.0. The first-order valence-electron chi connectivity index (χ1n) is 6.99. The van der Waals surface area contributed by atoms with Crippen LogP contribution in [0.4, 0.5) is 9.93 Å². The van der Waals surface area contributed by atoms with Crippen LogP contribution < -0.4 is 16.4 Å². The van der Waals surface area contributed by atoms with E-state index in [1.165, 1.54) is 11.3 Å². The van der Waals surface area contributed by atoms with Gasteiger partial charge in [-0.3, -0.25) is 10.1 Å². The number of carbonyl (C=O) groups is 2. The molecule has 0 radical (unpaired) electrons. The van der Waals surface area contributed by atoms with Gasteiger partial charge in [-0.2, -0.15) is 0 Å². The summed E-state index contributed by atoms with van der Waals surface area (Å²) in [6.07, 6.45) is 0.767. The minimum Gasteiger partial charge on any atom is -0.342 e. The SMILES string of the molecule is CNC(=O)Nc1nc2c(s1)C1CN(C(C)=O)CC(C2)C1N. The second kappa shape index (κ2) is 5.27. The lowest BCUT2D eigenvalue weighted by atomic mass is 9.75. The summed E-state index contributed by atoms with van der Waals surface area (Å²) >= 11 is 1.46. The number of hydrogen-bond donors (Lipinski definition) is 3. The lowest BCUT2D eigenvalue weighted by Gasteiger charge is -2.44. The Morgan fingerprint density at radius 2 is 2.19 bits per heavy atom. The van der Waals surface area contributed by atoms with E-state index in [-0.39, 0.29) is 29.8 Å². The molecule has 0 aromatic carbocycles. The first-order chi connectivity index (χ1) is 9.99. The number of nitrogens with two attached hydrogens (primary N) is 1. The fraction of sp³-hybridized carbons (Fsp3) is 0.615. The number of hydrogen-bond acceptors (Lipinski definition) is 5. The van der Waals surface area contributed by atoms with E-state index in [2.05, 4.69) is 15.6 Å². The fourth-order valence-electron chi connectivity index (χ4n) is 3.14. The van der Waals surface area contributed by atoms with Crippen molar-refractivity contribution in [2.75, 3.05) is 25.5 Å². The van der Waals surface area contributed by atoms with Gasteiger partial charge in [-0.1, -0.05) is 0 Å². The Balaban J connectivity index is 1.88. The molecule has 1 aromatic heterocycles. The van der Waals surface area contributed by atoms with Crippen molar-refractivity contribution in [3.05, 3.63) is 10.6 Å². The number of piperidine rings is 1. The van der Waals surface area contributed by atoms with Gasteiger partial charge < -0.3 is 16.0 Å². The number of fused-ring (bicyclic) bond motifs is 4. The number of rotatable bonds is 1. The van der Waals surface area contributed by atoms with Crippen molar-refractivity contribution in [3.63, 3.8) is 0 Å². The van der Waals surface area contributed by atoms with E-state index in [1.54, 1.807) is 14.0 Å². The molecule has 0 saturated carbocycles. The molecule has 2 aliphatic rings. The van der Waals surface area contributed by atoms with Crippen LogP contribution in [0.25, 0.3) is 0 Å². The lowest BCUT2D eigenvalue weighted by Crippen LogP contribution is -2.55. The summed E-state index contributed by atoms with van der Waals surface area (Å²) in [7, 11) is 1.57. The second-order valence-electron chi connectivity index (χ2n) is 5.61. The van der Waals surface area contributed by atoms with E-state index in [0.717, 1.165) is 17.0 Å². The van der Waals surface area contributed by atoms with Crippen LogP contribution in [0.2, 0.25) is 0 Å². The van der Waals surface area contributed by atoms with E-state index >= 15 is 0 Å². The van der Waals surface area contributed by atoms with Crippen LogP contribution in [0.5, 0.6) is 0 Å². The van der Waals surface area contributed by atoms with Gasteiger partial charge in [0.25, 0.3) is 0 Å². The fourth-order valence-corrected chi connectivity index (χ4v) is 4.28. The Morgan fingerprint density at radius 1 is 1.43 bits per heavy atom.